The quantitative estimate of drug-likeness (QED) is 0.647. The van der Waals surface area contributed by atoms with Crippen LogP contribution in [0.25, 0.3) is 10.9 Å². The normalized spacial score (nSPS) is 10.8. The molecule has 2 aromatic carbocycles. The Morgan fingerprint density at radius 3 is 2.64 bits per heavy atom. The maximum absolute atomic E-state index is 12.3. The highest BCUT2D eigenvalue weighted by Gasteiger charge is 2.10. The average molecular weight is 337 g/mol. The number of hydrogen-bond acceptors (Lipinski definition) is 5. The Morgan fingerprint density at radius 2 is 1.88 bits per heavy atom. The van der Waals surface area contributed by atoms with Crippen molar-refractivity contribution in [3.63, 3.8) is 0 Å². The minimum atomic E-state index is -0.496. The number of nitrogens with zero attached hydrogens (tertiary/aromatic N) is 3. The van der Waals surface area contributed by atoms with Crippen molar-refractivity contribution in [3.05, 3.63) is 70.0 Å². The molecule has 0 atom stereocenters. The van der Waals surface area contributed by atoms with Gasteiger partial charge in [0.05, 0.1) is 10.9 Å². The zero-order valence-electron chi connectivity index (χ0n) is 14.0. The smallest absolute Gasteiger partial charge is 0.339 e. The summed E-state index contributed by atoms with van der Waals surface area (Å²) < 4.78 is 6.22. The fourth-order valence-corrected chi connectivity index (χ4v) is 2.50. The third kappa shape index (κ3) is 3.91. The molecule has 3 aromatic rings. The summed E-state index contributed by atoms with van der Waals surface area (Å²) in [6.45, 7) is 1.87. The van der Waals surface area contributed by atoms with Crippen LogP contribution in [0, 0.1) is 0 Å². The lowest BCUT2D eigenvalue weighted by molar-refractivity contribution is 0.0336. The summed E-state index contributed by atoms with van der Waals surface area (Å²) in [7, 11) is 0. The van der Waals surface area contributed by atoms with Crippen molar-refractivity contribution >= 4 is 16.9 Å². The number of ether oxygens (including phenoxy) is 1. The summed E-state index contributed by atoms with van der Waals surface area (Å²) in [5.74, 6) is -0.496. The van der Waals surface area contributed by atoms with Crippen LogP contribution in [0.1, 0.15) is 35.7 Å². The van der Waals surface area contributed by atoms with Crippen LogP contribution in [0.4, 0.5) is 0 Å². The average Bonchev–Trinajstić information content (AvgIpc) is 2.66. The topological polar surface area (TPSA) is 74.1 Å². The first kappa shape index (κ1) is 16.8. The van der Waals surface area contributed by atoms with E-state index in [-0.39, 0.29) is 12.3 Å². The molecule has 0 unspecified atom stereocenters. The van der Waals surface area contributed by atoms with Gasteiger partial charge in [0.25, 0.3) is 5.56 Å². The number of unbranched alkanes of at least 4 members (excludes halogenated alkanes) is 1. The fourth-order valence-electron chi connectivity index (χ4n) is 2.50. The van der Waals surface area contributed by atoms with Crippen molar-refractivity contribution in [2.45, 2.75) is 32.9 Å². The minimum absolute atomic E-state index is 0.271. The summed E-state index contributed by atoms with van der Waals surface area (Å²) >= 11 is 0. The number of aryl methyl sites for hydroxylation is 1. The first-order valence-corrected chi connectivity index (χ1v) is 8.27. The van der Waals surface area contributed by atoms with Crippen molar-refractivity contribution in [1.82, 2.24) is 15.0 Å². The minimum Gasteiger partial charge on any atom is -0.439 e. The molecule has 25 heavy (non-hydrogen) atoms. The monoisotopic (exact) mass is 337 g/mol. The van der Waals surface area contributed by atoms with Crippen LogP contribution in [0.3, 0.4) is 0 Å². The first-order chi connectivity index (χ1) is 12.2. The van der Waals surface area contributed by atoms with Gasteiger partial charge in [-0.2, -0.15) is 4.68 Å². The number of carbonyl (C=O) groups excluding carboxylic acids is 1. The van der Waals surface area contributed by atoms with Gasteiger partial charge in [-0.05, 0) is 42.7 Å². The molecule has 6 heteroatoms. The van der Waals surface area contributed by atoms with Crippen molar-refractivity contribution in [3.8, 4) is 0 Å². The zero-order chi connectivity index (χ0) is 17.6. The molecule has 0 fully saturated rings. The summed E-state index contributed by atoms with van der Waals surface area (Å²) in [6, 6.07) is 14.2. The van der Waals surface area contributed by atoms with E-state index in [1.807, 2.05) is 12.1 Å². The molecular weight excluding hydrogens is 318 g/mol. The molecule has 0 spiro atoms. The molecule has 1 heterocycles. The number of fused-ring (bicyclic) bond motifs is 1. The van der Waals surface area contributed by atoms with Gasteiger partial charge in [0, 0.05) is 0 Å². The second-order valence-corrected chi connectivity index (χ2v) is 5.77. The summed E-state index contributed by atoms with van der Waals surface area (Å²) in [4.78, 5) is 24.4. The van der Waals surface area contributed by atoms with Gasteiger partial charge < -0.3 is 4.74 Å². The molecule has 128 valence electrons. The molecule has 1 aromatic heterocycles. The Kier molecular flexibility index (Phi) is 5.18. The molecular formula is C19H19N3O3. The van der Waals surface area contributed by atoms with Gasteiger partial charge in [-0.3, -0.25) is 4.79 Å². The molecule has 0 bridgehead atoms. The van der Waals surface area contributed by atoms with Gasteiger partial charge in [0.1, 0.15) is 5.52 Å². The van der Waals surface area contributed by atoms with E-state index in [0.717, 1.165) is 23.9 Å². The second kappa shape index (κ2) is 7.70. The molecule has 3 rings (SSSR count). The summed E-state index contributed by atoms with van der Waals surface area (Å²) in [5.41, 5.74) is 1.81. The van der Waals surface area contributed by atoms with Crippen LogP contribution < -0.4 is 5.56 Å². The van der Waals surface area contributed by atoms with E-state index in [9.17, 15) is 9.59 Å². The SMILES string of the molecule is CCCCc1ccc(C(=O)OCn2nnc3ccccc3c2=O)cc1. The van der Waals surface area contributed by atoms with E-state index >= 15 is 0 Å². The Morgan fingerprint density at radius 1 is 1.12 bits per heavy atom. The van der Waals surface area contributed by atoms with Gasteiger partial charge in [0.15, 0.2) is 6.73 Å². The number of rotatable bonds is 6. The standard InChI is InChI=1S/C19H19N3O3/c1-2-3-6-14-9-11-15(12-10-14)19(24)25-13-22-18(23)16-7-4-5-8-17(16)20-21-22/h4-5,7-12H,2-3,6,13H2,1H3. The Bertz CT molecular complexity index is 933. The molecule has 0 amide bonds. The van der Waals surface area contributed by atoms with Crippen LogP contribution in [0.5, 0.6) is 0 Å². The molecule has 0 saturated heterocycles. The second-order valence-electron chi connectivity index (χ2n) is 5.77. The summed E-state index contributed by atoms with van der Waals surface area (Å²) in [5, 5.41) is 8.19. The first-order valence-electron chi connectivity index (χ1n) is 8.27. The third-order valence-electron chi connectivity index (χ3n) is 3.96. The van der Waals surface area contributed by atoms with Crippen LogP contribution in [0.15, 0.2) is 53.3 Å². The van der Waals surface area contributed by atoms with E-state index in [1.54, 1.807) is 36.4 Å². The van der Waals surface area contributed by atoms with Gasteiger partial charge in [-0.25, -0.2) is 4.79 Å². The molecule has 0 aliphatic carbocycles. The Hall–Kier alpha value is -3.02. The van der Waals surface area contributed by atoms with Gasteiger partial charge in [-0.1, -0.05) is 42.8 Å². The highest BCUT2D eigenvalue weighted by Crippen LogP contribution is 2.09. The number of esters is 1. The van der Waals surface area contributed by atoms with Crippen molar-refractivity contribution < 1.29 is 9.53 Å². The molecule has 0 aliphatic rings. The van der Waals surface area contributed by atoms with Crippen LogP contribution >= 0.6 is 0 Å². The van der Waals surface area contributed by atoms with Crippen LogP contribution in [-0.2, 0) is 17.9 Å². The largest absolute Gasteiger partial charge is 0.439 e. The summed E-state index contributed by atoms with van der Waals surface area (Å²) in [6.07, 6.45) is 3.24. The molecule has 0 N–H and O–H groups in total. The van der Waals surface area contributed by atoms with Crippen LogP contribution in [0.2, 0.25) is 0 Å². The van der Waals surface area contributed by atoms with E-state index in [4.69, 9.17) is 4.74 Å². The lowest BCUT2D eigenvalue weighted by Crippen LogP contribution is -2.26. The molecule has 0 radical (unpaired) electrons. The number of benzene rings is 2. The van der Waals surface area contributed by atoms with Gasteiger partial charge in [-0.15, -0.1) is 5.10 Å². The molecule has 0 aliphatic heterocycles. The lowest BCUT2D eigenvalue weighted by Gasteiger charge is -2.07. The van der Waals surface area contributed by atoms with Gasteiger partial charge in [0.2, 0.25) is 0 Å². The van der Waals surface area contributed by atoms with Crippen molar-refractivity contribution in [2.24, 2.45) is 0 Å². The van der Waals surface area contributed by atoms with Crippen molar-refractivity contribution in [1.29, 1.82) is 0 Å². The highest BCUT2D eigenvalue weighted by molar-refractivity contribution is 5.89. The number of carbonyl (C=O) groups is 1. The Labute approximate surface area is 145 Å². The molecule has 6 nitrogen and oxygen atoms in total. The predicted molar refractivity (Wildman–Crippen MR) is 94.3 cm³/mol. The van der Waals surface area contributed by atoms with Gasteiger partial charge >= 0.3 is 5.97 Å². The third-order valence-corrected chi connectivity index (χ3v) is 3.96. The van der Waals surface area contributed by atoms with Crippen LogP contribution in [-0.4, -0.2) is 21.0 Å². The fraction of sp³-hybridized carbons (Fsp3) is 0.263. The van der Waals surface area contributed by atoms with E-state index in [0.29, 0.717) is 16.5 Å². The number of hydrogen-bond donors (Lipinski definition) is 0. The zero-order valence-corrected chi connectivity index (χ0v) is 14.0. The number of aromatic nitrogens is 3. The van der Waals surface area contributed by atoms with Crippen molar-refractivity contribution in [2.75, 3.05) is 0 Å². The van der Waals surface area contributed by atoms with E-state index < -0.39 is 5.97 Å². The molecule has 0 saturated carbocycles. The predicted octanol–water partition coefficient (Wildman–Crippen LogP) is 2.95. The Balaban J connectivity index is 1.68. The van der Waals surface area contributed by atoms with E-state index in [1.165, 1.54) is 5.56 Å². The maximum Gasteiger partial charge on any atom is 0.339 e. The highest BCUT2D eigenvalue weighted by atomic mass is 16.5. The lowest BCUT2D eigenvalue weighted by atomic mass is 10.1. The maximum atomic E-state index is 12.3. The van der Waals surface area contributed by atoms with E-state index in [2.05, 4.69) is 17.2 Å².